The van der Waals surface area contributed by atoms with E-state index in [2.05, 4.69) is 21.7 Å². The number of ether oxygens (including phenoxy) is 2. The zero-order valence-corrected chi connectivity index (χ0v) is 11.2. The van der Waals surface area contributed by atoms with Crippen molar-refractivity contribution >= 4 is 21.9 Å². The molecule has 1 aliphatic rings. The summed E-state index contributed by atoms with van der Waals surface area (Å²) in [4.78, 5) is 11.5. The quantitative estimate of drug-likeness (QED) is 0.646. The molecule has 3 N–H and O–H groups in total. The molecular weight excluding hydrogens is 309 g/mol. The molecule has 6 heteroatoms. The molecule has 0 spiro atoms. The Morgan fingerprint density at radius 2 is 2.00 bits per heavy atom. The third-order valence-corrected chi connectivity index (χ3v) is 3.03. The minimum Gasteiger partial charge on any atom is -1.00 e. The van der Waals surface area contributed by atoms with Crippen LogP contribution in [0.15, 0.2) is 40.6 Å². The fraction of sp³-hybridized carbons (Fsp3) is 0.182. The number of esters is 1. The van der Waals surface area contributed by atoms with Gasteiger partial charge in [0.25, 0.3) is 0 Å². The summed E-state index contributed by atoms with van der Waals surface area (Å²) in [6, 6.07) is 9.10. The van der Waals surface area contributed by atoms with Crippen LogP contribution in [0.3, 0.4) is 0 Å². The van der Waals surface area contributed by atoms with Crippen LogP contribution >= 0.6 is 15.9 Å². The van der Waals surface area contributed by atoms with Gasteiger partial charge in [0.15, 0.2) is 6.10 Å². The number of carbonyl (C=O) groups is 1. The number of carbonyl (C=O) groups excluding carboxylic acids is 1. The Kier molecular flexibility index (Phi) is 4.99. The van der Waals surface area contributed by atoms with Gasteiger partial charge >= 0.3 is 5.97 Å². The number of benzene rings is 1. The SMILES string of the molecule is [Cl-].[NH3+]CC1OC(=O)C(Oc2ccccc2)=C1Br. The van der Waals surface area contributed by atoms with E-state index >= 15 is 0 Å². The van der Waals surface area contributed by atoms with Gasteiger partial charge in [-0.2, -0.15) is 0 Å². The van der Waals surface area contributed by atoms with Gasteiger partial charge < -0.3 is 27.6 Å². The molecule has 0 fully saturated rings. The van der Waals surface area contributed by atoms with Gasteiger partial charge in [0.1, 0.15) is 12.3 Å². The lowest BCUT2D eigenvalue weighted by Crippen LogP contribution is -3.00. The van der Waals surface area contributed by atoms with Crippen LogP contribution in [0.5, 0.6) is 5.75 Å². The molecule has 1 heterocycles. The van der Waals surface area contributed by atoms with Crippen molar-refractivity contribution in [2.75, 3.05) is 6.54 Å². The summed E-state index contributed by atoms with van der Waals surface area (Å²) < 4.78 is 11.1. The van der Waals surface area contributed by atoms with Gasteiger partial charge in [-0.3, -0.25) is 0 Å². The summed E-state index contributed by atoms with van der Waals surface area (Å²) in [6.45, 7) is 0.480. The molecule has 1 aromatic rings. The van der Waals surface area contributed by atoms with Crippen molar-refractivity contribution in [1.29, 1.82) is 0 Å². The highest BCUT2D eigenvalue weighted by atomic mass is 79.9. The minimum atomic E-state index is -0.454. The van der Waals surface area contributed by atoms with Gasteiger partial charge in [0, 0.05) is 0 Å². The first-order chi connectivity index (χ1) is 7.72. The molecule has 1 aliphatic heterocycles. The van der Waals surface area contributed by atoms with Crippen LogP contribution in [0.4, 0.5) is 0 Å². The van der Waals surface area contributed by atoms with Crippen molar-refractivity contribution < 1.29 is 32.4 Å². The van der Waals surface area contributed by atoms with Crippen LogP contribution in [0.25, 0.3) is 0 Å². The van der Waals surface area contributed by atoms with Crippen LogP contribution in [0.2, 0.25) is 0 Å². The fourth-order valence-corrected chi connectivity index (χ4v) is 1.93. The second-order valence-corrected chi connectivity index (χ2v) is 4.13. The number of cyclic esters (lactones) is 1. The average Bonchev–Trinajstić information content (AvgIpc) is 2.58. The van der Waals surface area contributed by atoms with Gasteiger partial charge in [-0.05, 0) is 28.1 Å². The molecular formula is C11H11BrClNO3. The van der Waals surface area contributed by atoms with Gasteiger partial charge in [-0.15, -0.1) is 0 Å². The van der Waals surface area contributed by atoms with Crippen LogP contribution in [0.1, 0.15) is 0 Å². The molecule has 0 saturated heterocycles. The van der Waals surface area contributed by atoms with Crippen molar-refractivity contribution in [3.05, 3.63) is 40.6 Å². The zero-order chi connectivity index (χ0) is 11.5. The summed E-state index contributed by atoms with van der Waals surface area (Å²) in [5, 5.41) is 0. The second kappa shape index (κ2) is 6.05. The largest absolute Gasteiger partial charge is 1.00 e. The summed E-state index contributed by atoms with van der Waals surface area (Å²) in [5.74, 6) is 0.361. The Balaban J connectivity index is 0.00000144. The molecule has 1 aromatic carbocycles. The standard InChI is InChI=1S/C11H10BrNO3.ClH/c12-9-8(6-13)16-11(14)10(9)15-7-4-2-1-3-5-7;/h1-5,8H,6,13H2;1H. The highest BCUT2D eigenvalue weighted by molar-refractivity contribution is 9.11. The molecule has 0 bridgehead atoms. The van der Waals surface area contributed by atoms with Crippen molar-refractivity contribution in [3.8, 4) is 5.75 Å². The summed E-state index contributed by atoms with van der Waals surface area (Å²) in [6.07, 6.45) is -0.328. The lowest BCUT2D eigenvalue weighted by Gasteiger charge is -2.03. The summed E-state index contributed by atoms with van der Waals surface area (Å²) in [5.41, 5.74) is 3.70. The van der Waals surface area contributed by atoms with E-state index in [1.807, 2.05) is 18.2 Å². The van der Waals surface area contributed by atoms with Crippen LogP contribution in [-0.4, -0.2) is 18.6 Å². The van der Waals surface area contributed by atoms with E-state index in [9.17, 15) is 4.79 Å². The normalized spacial score (nSPS) is 18.7. The van der Waals surface area contributed by atoms with E-state index in [-0.39, 0.29) is 24.3 Å². The van der Waals surface area contributed by atoms with Crippen molar-refractivity contribution in [3.63, 3.8) is 0 Å². The molecule has 4 nitrogen and oxygen atoms in total. The van der Waals surface area contributed by atoms with Crippen LogP contribution in [-0.2, 0) is 9.53 Å². The second-order valence-electron chi connectivity index (χ2n) is 3.27. The molecule has 1 unspecified atom stereocenters. The highest BCUT2D eigenvalue weighted by Gasteiger charge is 2.35. The monoisotopic (exact) mass is 319 g/mol. The predicted molar refractivity (Wildman–Crippen MR) is 60.7 cm³/mol. The first kappa shape index (κ1) is 14.0. The highest BCUT2D eigenvalue weighted by Crippen LogP contribution is 2.29. The Bertz CT molecular complexity index is 436. The Hall–Kier alpha value is -1.04. The van der Waals surface area contributed by atoms with Gasteiger partial charge in [-0.1, -0.05) is 18.2 Å². The third-order valence-electron chi connectivity index (χ3n) is 2.16. The van der Waals surface area contributed by atoms with Crippen LogP contribution < -0.4 is 22.9 Å². The Labute approximate surface area is 113 Å². The van der Waals surface area contributed by atoms with Crippen molar-refractivity contribution in [1.82, 2.24) is 0 Å². The maximum absolute atomic E-state index is 11.5. The van der Waals surface area contributed by atoms with Crippen molar-refractivity contribution in [2.24, 2.45) is 0 Å². The van der Waals surface area contributed by atoms with Gasteiger partial charge in [-0.25, -0.2) is 4.79 Å². The molecule has 92 valence electrons. The zero-order valence-electron chi connectivity index (χ0n) is 8.86. The lowest BCUT2D eigenvalue weighted by atomic mass is 10.3. The van der Waals surface area contributed by atoms with E-state index in [1.54, 1.807) is 12.1 Å². The maximum Gasteiger partial charge on any atom is 0.376 e. The minimum absolute atomic E-state index is 0. The molecule has 17 heavy (non-hydrogen) atoms. The molecule has 1 atom stereocenters. The van der Waals surface area contributed by atoms with E-state index in [0.29, 0.717) is 16.8 Å². The fourth-order valence-electron chi connectivity index (χ4n) is 1.36. The molecule has 0 amide bonds. The lowest BCUT2D eigenvalue weighted by molar-refractivity contribution is -0.379. The smallest absolute Gasteiger partial charge is 0.376 e. The molecule has 0 aromatic heterocycles. The first-order valence-electron chi connectivity index (χ1n) is 4.85. The van der Waals surface area contributed by atoms with Gasteiger partial charge in [0.05, 0.1) is 4.48 Å². The number of hydrogen-bond acceptors (Lipinski definition) is 3. The third kappa shape index (κ3) is 3.00. The average molecular weight is 321 g/mol. The molecule has 0 radical (unpaired) electrons. The number of halogens is 2. The number of rotatable bonds is 3. The topological polar surface area (TPSA) is 63.2 Å². The van der Waals surface area contributed by atoms with E-state index in [4.69, 9.17) is 9.47 Å². The number of hydrogen-bond donors (Lipinski definition) is 1. The van der Waals surface area contributed by atoms with Crippen molar-refractivity contribution in [2.45, 2.75) is 6.10 Å². The van der Waals surface area contributed by atoms with Gasteiger partial charge in [0.2, 0.25) is 5.76 Å². The predicted octanol–water partition coefficient (Wildman–Crippen LogP) is -2.16. The molecule has 0 saturated carbocycles. The summed E-state index contributed by atoms with van der Waals surface area (Å²) in [7, 11) is 0. The molecule has 0 aliphatic carbocycles. The first-order valence-corrected chi connectivity index (χ1v) is 5.64. The summed E-state index contributed by atoms with van der Waals surface area (Å²) >= 11 is 3.30. The van der Waals surface area contributed by atoms with E-state index < -0.39 is 5.97 Å². The maximum atomic E-state index is 11.5. The molecule has 2 rings (SSSR count). The van der Waals surface area contributed by atoms with Crippen LogP contribution in [0, 0.1) is 0 Å². The van der Waals surface area contributed by atoms with E-state index in [1.165, 1.54) is 0 Å². The van der Waals surface area contributed by atoms with E-state index in [0.717, 1.165) is 0 Å². The Morgan fingerprint density at radius 1 is 1.35 bits per heavy atom. The Morgan fingerprint density at radius 3 is 2.53 bits per heavy atom. The number of quaternary nitrogens is 1. The number of para-hydroxylation sites is 1.